The Kier molecular flexibility index (Phi) is 11.9. The van der Waals surface area contributed by atoms with E-state index in [9.17, 15) is 27.4 Å². The number of halogens is 4. The summed E-state index contributed by atoms with van der Waals surface area (Å²) >= 11 is 0. The minimum atomic E-state index is -6.00. The molecular formula is C34H30BF4N3O2. The first kappa shape index (κ1) is 33.2. The molecule has 0 atom stereocenters. The summed E-state index contributed by atoms with van der Waals surface area (Å²) in [5.74, 6) is 0. The van der Waals surface area contributed by atoms with E-state index in [4.69, 9.17) is 5.39 Å². The van der Waals surface area contributed by atoms with Crippen LogP contribution in [0.15, 0.2) is 84.9 Å². The molecule has 0 unspecified atom stereocenters. The molecule has 4 rings (SSSR count). The molecule has 0 fully saturated rings. The van der Waals surface area contributed by atoms with Gasteiger partial charge in [0, 0.05) is 24.3 Å². The van der Waals surface area contributed by atoms with Crippen LogP contribution < -0.4 is 0 Å². The standard InChI is InChI=1S/C34H30N3O2.BF4/c1-3-29-24-32(18-12-28-15-21-34(22-16-28)37(38)39)30(4-2)23-31(29)17-11-26-8-5-25(6-9-26)7-10-27-13-19-33(36-35)20-14-27;2-1(3,4)5/h5-24H,3-4H2,1-2H3;/q+1;-1/b10-7+,17-11+,18-12+;. The van der Waals surface area contributed by atoms with Gasteiger partial charge in [0.25, 0.3) is 5.69 Å². The van der Waals surface area contributed by atoms with E-state index in [1.165, 1.54) is 34.4 Å². The molecule has 0 aliphatic heterocycles. The SMILES string of the molecule is CCc1cc(/C=C/c2ccc([N+](=O)[O-])cc2)c(CC)cc1/C=C/c1ccc(/C=C/c2ccc([N+]#N)cc2)cc1.F[B-](F)(F)F. The normalized spacial score (nSPS) is 11.5. The summed E-state index contributed by atoms with van der Waals surface area (Å²) in [6.45, 7) is 4.32. The number of nitrogens with zero attached hydrogens (tertiary/aromatic N) is 3. The molecule has 0 aliphatic rings. The average Bonchev–Trinajstić information content (AvgIpc) is 3.01. The first-order valence-corrected chi connectivity index (χ1v) is 13.9. The predicted octanol–water partition coefficient (Wildman–Crippen LogP) is 11.0. The topological polar surface area (TPSA) is 71.3 Å². The molecule has 224 valence electrons. The van der Waals surface area contributed by atoms with Gasteiger partial charge in [0.1, 0.15) is 0 Å². The second-order valence-electron chi connectivity index (χ2n) is 9.66. The van der Waals surface area contributed by atoms with Crippen LogP contribution in [0.3, 0.4) is 0 Å². The van der Waals surface area contributed by atoms with Gasteiger partial charge in [-0.15, -0.1) is 0 Å². The molecule has 0 heterocycles. The molecule has 0 amide bonds. The maximum Gasteiger partial charge on any atom is 0.673 e. The zero-order chi connectivity index (χ0) is 32.1. The van der Waals surface area contributed by atoms with E-state index in [0.29, 0.717) is 5.69 Å². The van der Waals surface area contributed by atoms with E-state index >= 15 is 0 Å². The highest BCUT2D eigenvalue weighted by molar-refractivity contribution is 6.50. The number of diazo groups is 1. The number of hydrogen-bond donors (Lipinski definition) is 0. The summed E-state index contributed by atoms with van der Waals surface area (Å²) in [7, 11) is -6.00. The van der Waals surface area contributed by atoms with Crippen molar-refractivity contribution < 1.29 is 22.2 Å². The van der Waals surface area contributed by atoms with Crippen LogP contribution in [0.1, 0.15) is 58.4 Å². The van der Waals surface area contributed by atoms with Gasteiger partial charge in [0.05, 0.1) is 4.92 Å². The second-order valence-corrected chi connectivity index (χ2v) is 9.66. The molecule has 4 aromatic rings. The van der Waals surface area contributed by atoms with E-state index in [1.54, 1.807) is 24.3 Å². The van der Waals surface area contributed by atoms with Crippen molar-refractivity contribution in [1.82, 2.24) is 0 Å². The lowest BCUT2D eigenvalue weighted by molar-refractivity contribution is -0.384. The maximum absolute atomic E-state index is 10.9. The third-order valence-electron chi connectivity index (χ3n) is 6.59. The van der Waals surface area contributed by atoms with Gasteiger partial charge in [0.15, 0.2) is 4.98 Å². The number of nitro groups is 1. The third-order valence-corrected chi connectivity index (χ3v) is 6.59. The number of aryl methyl sites for hydroxylation is 2. The summed E-state index contributed by atoms with van der Waals surface area (Å²) in [4.78, 5) is 13.7. The lowest BCUT2D eigenvalue weighted by Crippen LogP contribution is -2.02. The van der Waals surface area contributed by atoms with Gasteiger partial charge in [0.2, 0.25) is 5.39 Å². The van der Waals surface area contributed by atoms with Crippen molar-refractivity contribution >= 4 is 55.1 Å². The van der Waals surface area contributed by atoms with Gasteiger partial charge in [-0.25, -0.2) is 0 Å². The number of non-ortho nitro benzene ring substituents is 1. The van der Waals surface area contributed by atoms with Crippen molar-refractivity contribution in [2.45, 2.75) is 26.7 Å². The average molecular weight is 599 g/mol. The van der Waals surface area contributed by atoms with Crippen LogP contribution in [0.4, 0.5) is 28.6 Å². The summed E-state index contributed by atoms with van der Waals surface area (Å²) in [5, 5.41) is 19.7. The van der Waals surface area contributed by atoms with E-state index in [1.807, 2.05) is 24.3 Å². The Morgan fingerprint density at radius 3 is 1.30 bits per heavy atom. The molecule has 0 spiro atoms. The monoisotopic (exact) mass is 599 g/mol. The Morgan fingerprint density at radius 1 is 0.659 bits per heavy atom. The van der Waals surface area contributed by atoms with Gasteiger partial charge in [-0.1, -0.05) is 86.7 Å². The van der Waals surface area contributed by atoms with Crippen molar-refractivity contribution in [1.29, 1.82) is 5.39 Å². The minimum absolute atomic E-state index is 0.0963. The fraction of sp³-hybridized carbons (Fsp3) is 0.118. The Hall–Kier alpha value is -5.30. The zero-order valence-electron chi connectivity index (χ0n) is 24.2. The molecule has 0 aliphatic carbocycles. The second kappa shape index (κ2) is 15.8. The maximum atomic E-state index is 10.9. The van der Waals surface area contributed by atoms with Crippen molar-refractivity contribution in [3.05, 3.63) is 145 Å². The molecule has 0 saturated heterocycles. The van der Waals surface area contributed by atoms with Crippen LogP contribution in [0.5, 0.6) is 0 Å². The minimum Gasteiger partial charge on any atom is -0.418 e. The summed E-state index contributed by atoms with van der Waals surface area (Å²) in [6.07, 6.45) is 14.3. The molecule has 5 nitrogen and oxygen atoms in total. The van der Waals surface area contributed by atoms with Crippen LogP contribution in [-0.4, -0.2) is 12.2 Å². The Balaban J connectivity index is 0.000000978. The quantitative estimate of drug-likeness (QED) is 0.0480. The smallest absolute Gasteiger partial charge is 0.418 e. The van der Waals surface area contributed by atoms with Crippen molar-refractivity contribution in [2.75, 3.05) is 0 Å². The van der Waals surface area contributed by atoms with Crippen LogP contribution >= 0.6 is 0 Å². The van der Waals surface area contributed by atoms with E-state index in [2.05, 4.69) is 79.5 Å². The summed E-state index contributed by atoms with van der Waals surface area (Å²) < 4.78 is 39.0. The molecule has 0 aromatic heterocycles. The fourth-order valence-corrected chi connectivity index (χ4v) is 4.29. The lowest BCUT2D eigenvalue weighted by atomic mass is 9.94. The lowest BCUT2D eigenvalue weighted by Gasteiger charge is -2.11. The number of benzene rings is 4. The van der Waals surface area contributed by atoms with Gasteiger partial charge in [-0.05, 0) is 81.6 Å². The fourth-order valence-electron chi connectivity index (χ4n) is 4.29. The van der Waals surface area contributed by atoms with Gasteiger partial charge >= 0.3 is 12.9 Å². The predicted molar refractivity (Wildman–Crippen MR) is 173 cm³/mol. The van der Waals surface area contributed by atoms with Gasteiger partial charge in [-0.2, -0.15) is 0 Å². The van der Waals surface area contributed by atoms with Gasteiger partial charge < -0.3 is 17.3 Å². The van der Waals surface area contributed by atoms with E-state index in [0.717, 1.165) is 35.1 Å². The van der Waals surface area contributed by atoms with Crippen molar-refractivity contribution in [2.24, 2.45) is 0 Å². The molecule has 0 saturated carbocycles. The van der Waals surface area contributed by atoms with Crippen LogP contribution in [0, 0.1) is 15.5 Å². The van der Waals surface area contributed by atoms with E-state index in [-0.39, 0.29) is 10.6 Å². The van der Waals surface area contributed by atoms with Crippen molar-refractivity contribution in [3.8, 4) is 0 Å². The number of rotatable bonds is 9. The van der Waals surface area contributed by atoms with E-state index < -0.39 is 7.25 Å². The first-order valence-electron chi connectivity index (χ1n) is 13.9. The Morgan fingerprint density at radius 2 is 0.977 bits per heavy atom. The Labute approximate surface area is 253 Å². The largest absolute Gasteiger partial charge is 0.673 e. The highest BCUT2D eigenvalue weighted by atomic mass is 19.5. The van der Waals surface area contributed by atoms with Gasteiger partial charge in [-0.3, -0.25) is 10.1 Å². The molecule has 44 heavy (non-hydrogen) atoms. The number of hydrogen-bond acceptors (Lipinski definition) is 3. The third kappa shape index (κ3) is 10.8. The number of nitro benzene ring substituents is 1. The van der Waals surface area contributed by atoms with Crippen LogP contribution in [-0.2, 0) is 12.8 Å². The molecule has 4 aromatic carbocycles. The zero-order valence-corrected chi connectivity index (χ0v) is 24.2. The molecule has 10 heteroatoms. The summed E-state index contributed by atoms with van der Waals surface area (Å²) in [6, 6.07) is 26.9. The van der Waals surface area contributed by atoms with Crippen LogP contribution in [0.25, 0.3) is 41.4 Å². The van der Waals surface area contributed by atoms with Crippen molar-refractivity contribution in [3.63, 3.8) is 0 Å². The summed E-state index contributed by atoms with van der Waals surface area (Å²) in [5.41, 5.74) is 9.74. The highest BCUT2D eigenvalue weighted by Crippen LogP contribution is 2.24. The molecule has 0 radical (unpaired) electrons. The molecule has 0 bridgehead atoms. The first-order chi connectivity index (χ1) is 21.0. The Bertz CT molecular complexity index is 1680. The van der Waals surface area contributed by atoms with Crippen LogP contribution in [0.2, 0.25) is 0 Å². The molecular weight excluding hydrogens is 569 g/mol. The molecule has 0 N–H and O–H groups in total. The highest BCUT2D eigenvalue weighted by Gasteiger charge is 2.20.